The van der Waals surface area contributed by atoms with Gasteiger partial charge in [-0.2, -0.15) is 0 Å². The maximum atomic E-state index is 11.3. The lowest BCUT2D eigenvalue weighted by Gasteiger charge is -2.36. The van der Waals surface area contributed by atoms with Crippen LogP contribution in [0.2, 0.25) is 0 Å². The monoisotopic (exact) mass is 293 g/mol. The summed E-state index contributed by atoms with van der Waals surface area (Å²) < 4.78 is 0. The van der Waals surface area contributed by atoms with Gasteiger partial charge in [0.05, 0.1) is 11.0 Å². The molecule has 0 radical (unpaired) electrons. The number of allylic oxidation sites excluding steroid dienone is 2. The average molecular weight is 293 g/mol. The predicted molar refractivity (Wildman–Crippen MR) is 83.7 cm³/mol. The van der Waals surface area contributed by atoms with Crippen molar-refractivity contribution < 1.29 is 4.92 Å². The van der Waals surface area contributed by atoms with E-state index in [9.17, 15) is 10.1 Å². The minimum atomic E-state index is -0.314. The highest BCUT2D eigenvalue weighted by atomic mass is 16.6. The lowest BCUT2D eigenvalue weighted by molar-refractivity contribution is -0.384. The Morgan fingerprint density at radius 2 is 2.18 bits per heavy atom. The highest BCUT2D eigenvalue weighted by molar-refractivity contribution is 5.71. The van der Waals surface area contributed by atoms with E-state index < -0.39 is 0 Å². The van der Waals surface area contributed by atoms with Crippen molar-refractivity contribution in [1.82, 2.24) is 4.98 Å². The van der Waals surface area contributed by atoms with Crippen molar-refractivity contribution >= 4 is 11.4 Å². The smallest absolute Gasteiger partial charge is 0.292 e. The normalized spacial score (nSPS) is 25.2. The number of nitro benzene ring substituents is 1. The second kappa shape index (κ2) is 4.94. The van der Waals surface area contributed by atoms with Crippen LogP contribution in [0.15, 0.2) is 54.9 Å². The van der Waals surface area contributed by atoms with Crippen molar-refractivity contribution in [2.24, 2.45) is 5.92 Å². The molecule has 1 N–H and O–H groups in total. The van der Waals surface area contributed by atoms with Crippen LogP contribution in [0.3, 0.4) is 0 Å². The first-order chi connectivity index (χ1) is 10.8. The molecule has 0 saturated carbocycles. The molecule has 0 amide bonds. The van der Waals surface area contributed by atoms with Gasteiger partial charge in [-0.3, -0.25) is 15.1 Å². The van der Waals surface area contributed by atoms with Crippen molar-refractivity contribution in [3.63, 3.8) is 0 Å². The molecule has 0 spiro atoms. The van der Waals surface area contributed by atoms with Gasteiger partial charge in [-0.05, 0) is 29.5 Å². The maximum absolute atomic E-state index is 11.3. The van der Waals surface area contributed by atoms with Gasteiger partial charge in [0, 0.05) is 24.4 Å². The number of nitrogens with zero attached hydrogens (tertiary/aromatic N) is 2. The number of benzene rings is 1. The highest BCUT2D eigenvalue weighted by Crippen LogP contribution is 2.51. The van der Waals surface area contributed by atoms with E-state index in [1.54, 1.807) is 18.3 Å². The zero-order chi connectivity index (χ0) is 15.1. The lowest BCUT2D eigenvalue weighted by atomic mass is 9.77. The highest BCUT2D eigenvalue weighted by Gasteiger charge is 2.40. The SMILES string of the molecule is O=[N+]([O-])c1cccc2c1N[C@H](c1cccnc1)[C@@H]1CC=C[C@@H]21. The summed E-state index contributed by atoms with van der Waals surface area (Å²) in [5, 5.41) is 14.8. The van der Waals surface area contributed by atoms with E-state index in [0.29, 0.717) is 11.6 Å². The maximum Gasteiger partial charge on any atom is 0.292 e. The Hall–Kier alpha value is -2.69. The van der Waals surface area contributed by atoms with Gasteiger partial charge in [0.2, 0.25) is 0 Å². The number of nitrogens with one attached hydrogen (secondary N) is 1. The third kappa shape index (κ3) is 1.89. The topological polar surface area (TPSA) is 68.1 Å². The summed E-state index contributed by atoms with van der Waals surface area (Å²) >= 11 is 0. The Kier molecular flexibility index (Phi) is 2.92. The van der Waals surface area contributed by atoms with Crippen molar-refractivity contribution in [2.75, 3.05) is 5.32 Å². The van der Waals surface area contributed by atoms with Gasteiger partial charge < -0.3 is 5.32 Å². The first kappa shape index (κ1) is 13.0. The summed E-state index contributed by atoms with van der Waals surface area (Å²) in [6.45, 7) is 0. The molecule has 22 heavy (non-hydrogen) atoms. The number of fused-ring (bicyclic) bond motifs is 3. The van der Waals surface area contributed by atoms with Gasteiger partial charge >= 0.3 is 0 Å². The van der Waals surface area contributed by atoms with Crippen LogP contribution in [0.1, 0.15) is 29.5 Å². The summed E-state index contributed by atoms with van der Waals surface area (Å²) in [7, 11) is 0. The number of rotatable bonds is 2. The molecule has 2 aliphatic rings. The molecule has 1 aromatic carbocycles. The summed E-state index contributed by atoms with van der Waals surface area (Å²) in [5.41, 5.74) is 2.89. The Morgan fingerprint density at radius 1 is 1.27 bits per heavy atom. The van der Waals surface area contributed by atoms with Crippen LogP contribution in [-0.2, 0) is 0 Å². The lowest BCUT2D eigenvalue weighted by Crippen LogP contribution is -2.29. The van der Waals surface area contributed by atoms with E-state index in [4.69, 9.17) is 0 Å². The molecule has 4 rings (SSSR count). The number of hydrogen-bond donors (Lipinski definition) is 1. The Labute approximate surface area is 127 Å². The van der Waals surface area contributed by atoms with Gasteiger partial charge in [0.15, 0.2) is 0 Å². The summed E-state index contributed by atoms with van der Waals surface area (Å²) in [6, 6.07) is 9.30. The van der Waals surface area contributed by atoms with Crippen molar-refractivity contribution in [2.45, 2.75) is 18.4 Å². The van der Waals surface area contributed by atoms with Crippen LogP contribution in [0.25, 0.3) is 0 Å². The zero-order valence-corrected chi connectivity index (χ0v) is 11.8. The van der Waals surface area contributed by atoms with Crippen LogP contribution in [0, 0.1) is 16.0 Å². The van der Waals surface area contributed by atoms with E-state index in [-0.39, 0.29) is 22.6 Å². The average Bonchev–Trinajstić information content (AvgIpc) is 3.04. The second-order valence-electron chi connectivity index (χ2n) is 5.76. The number of anilines is 1. The molecule has 0 bridgehead atoms. The molecule has 5 nitrogen and oxygen atoms in total. The van der Waals surface area contributed by atoms with E-state index >= 15 is 0 Å². The fourth-order valence-corrected chi connectivity index (χ4v) is 3.65. The molecule has 0 fully saturated rings. The third-order valence-electron chi connectivity index (χ3n) is 4.61. The van der Waals surface area contributed by atoms with Gasteiger partial charge in [-0.1, -0.05) is 30.4 Å². The van der Waals surface area contributed by atoms with Gasteiger partial charge in [0.1, 0.15) is 5.69 Å². The molecule has 0 unspecified atom stereocenters. The fraction of sp³-hybridized carbons (Fsp3) is 0.235. The number of hydrogen-bond acceptors (Lipinski definition) is 4. The van der Waals surface area contributed by atoms with E-state index in [1.165, 1.54) is 0 Å². The molecule has 5 heteroatoms. The standard InChI is InChI=1S/C17H15N3O2/c21-20(22)15-8-2-7-14-12-5-1-6-13(12)16(19-17(14)15)11-4-3-9-18-10-11/h1-5,7-10,12-13,16,19H,6H2/t12-,13-,16-/m1/s1. The largest absolute Gasteiger partial charge is 0.372 e. The van der Waals surface area contributed by atoms with Crippen LogP contribution in [-0.4, -0.2) is 9.91 Å². The minimum Gasteiger partial charge on any atom is -0.372 e. The van der Waals surface area contributed by atoms with Crippen LogP contribution in [0.4, 0.5) is 11.4 Å². The predicted octanol–water partition coefficient (Wildman–Crippen LogP) is 3.82. The molecule has 110 valence electrons. The zero-order valence-electron chi connectivity index (χ0n) is 11.8. The summed E-state index contributed by atoms with van der Waals surface area (Å²) in [4.78, 5) is 15.2. The summed E-state index contributed by atoms with van der Waals surface area (Å²) in [6.07, 6.45) is 8.91. The number of para-hydroxylation sites is 1. The number of nitro groups is 1. The van der Waals surface area contributed by atoms with E-state index in [2.05, 4.69) is 22.5 Å². The molecular formula is C17H15N3O2. The molecule has 2 heterocycles. The molecule has 3 atom stereocenters. The molecule has 1 aromatic heterocycles. The first-order valence-electron chi connectivity index (χ1n) is 7.36. The van der Waals surface area contributed by atoms with Gasteiger partial charge in [-0.25, -0.2) is 0 Å². The molecule has 0 saturated heterocycles. The fourth-order valence-electron chi connectivity index (χ4n) is 3.65. The van der Waals surface area contributed by atoms with Gasteiger partial charge in [-0.15, -0.1) is 0 Å². The minimum absolute atomic E-state index is 0.0438. The quantitative estimate of drug-likeness (QED) is 0.519. The Balaban J connectivity index is 1.85. The van der Waals surface area contributed by atoms with Crippen LogP contribution >= 0.6 is 0 Å². The van der Waals surface area contributed by atoms with E-state index in [1.807, 2.05) is 24.4 Å². The van der Waals surface area contributed by atoms with Gasteiger partial charge in [0.25, 0.3) is 5.69 Å². The molecule has 2 aromatic rings. The molecular weight excluding hydrogens is 278 g/mol. The molecule has 1 aliphatic carbocycles. The van der Waals surface area contributed by atoms with Crippen molar-refractivity contribution in [3.05, 3.63) is 76.1 Å². The molecule has 1 aliphatic heterocycles. The Morgan fingerprint density at radius 3 is 2.95 bits per heavy atom. The Bertz CT molecular complexity index is 758. The summed E-state index contributed by atoms with van der Waals surface area (Å²) in [5.74, 6) is 0.597. The number of aromatic nitrogens is 1. The van der Waals surface area contributed by atoms with E-state index in [0.717, 1.165) is 17.5 Å². The first-order valence-corrected chi connectivity index (χ1v) is 7.36. The number of pyridine rings is 1. The van der Waals surface area contributed by atoms with Crippen molar-refractivity contribution in [3.8, 4) is 0 Å². The van der Waals surface area contributed by atoms with Crippen LogP contribution < -0.4 is 5.32 Å². The van der Waals surface area contributed by atoms with Crippen LogP contribution in [0.5, 0.6) is 0 Å². The second-order valence-corrected chi connectivity index (χ2v) is 5.76. The third-order valence-corrected chi connectivity index (χ3v) is 4.61. The van der Waals surface area contributed by atoms with Crippen molar-refractivity contribution in [1.29, 1.82) is 0 Å².